The van der Waals surface area contributed by atoms with Gasteiger partial charge in [-0.2, -0.15) is 18.2 Å². The van der Waals surface area contributed by atoms with Crippen LogP contribution in [0.15, 0.2) is 84.5 Å². The molecule has 0 fully saturated rings. The van der Waals surface area contributed by atoms with Gasteiger partial charge in [0.05, 0.1) is 0 Å². The molecule has 0 heterocycles. The van der Waals surface area contributed by atoms with Crippen LogP contribution >= 0.6 is 0 Å². The molecular weight excluding hydrogens is 389 g/mol. The Morgan fingerprint density at radius 2 is 1.67 bits per heavy atom. The molecule has 0 saturated carbocycles. The number of hydrogen-bond acceptors (Lipinski definition) is 2. The zero-order chi connectivity index (χ0) is 18.9. The van der Waals surface area contributed by atoms with Gasteiger partial charge in [0.15, 0.2) is 0 Å². The summed E-state index contributed by atoms with van der Waals surface area (Å²) in [5.41, 5.74) is 2.66. The molecule has 0 spiro atoms. The van der Waals surface area contributed by atoms with Gasteiger partial charge in [0, 0.05) is 5.56 Å². The van der Waals surface area contributed by atoms with Gasteiger partial charge in [-0.3, -0.25) is 0 Å². The van der Waals surface area contributed by atoms with Crippen LogP contribution in [0.25, 0.3) is 5.76 Å². The molecule has 0 radical (unpaired) electrons. The Labute approximate surface area is 169 Å². The molecule has 140 valence electrons. The van der Waals surface area contributed by atoms with Crippen molar-refractivity contribution in [3.8, 4) is 5.75 Å². The first-order valence-corrected chi connectivity index (χ1v) is 8.14. The Morgan fingerprint density at radius 3 is 2.19 bits per heavy atom. The fraction of sp³-hybridized carbons (Fsp3) is 0.0952. The Morgan fingerprint density at radius 1 is 1.07 bits per heavy atom. The summed E-state index contributed by atoms with van der Waals surface area (Å²) >= 11 is 0. The summed E-state index contributed by atoms with van der Waals surface area (Å²) in [6, 6.07) is 13.0. The Bertz CT molecular complexity index is 807. The van der Waals surface area contributed by atoms with Crippen LogP contribution in [0.1, 0.15) is 16.7 Å². The number of aryl methyl sites for hydroxylation is 2. The molecule has 2 aromatic rings. The van der Waals surface area contributed by atoms with Crippen LogP contribution in [0.2, 0.25) is 0 Å². The molecule has 0 atom stereocenters. The van der Waals surface area contributed by atoms with E-state index in [1.165, 1.54) is 12.1 Å². The average molecular weight is 408 g/mol. The first-order chi connectivity index (χ1) is 12.5. The Hall–Kier alpha value is -2.43. The minimum Gasteiger partial charge on any atom is -0.872 e. The van der Waals surface area contributed by atoms with E-state index in [1.807, 2.05) is 61.6 Å². The summed E-state index contributed by atoms with van der Waals surface area (Å²) in [6.45, 7) is 3.60. The van der Waals surface area contributed by atoms with Gasteiger partial charge in [0.1, 0.15) is 5.75 Å². The van der Waals surface area contributed by atoms with Crippen molar-refractivity contribution >= 4 is 13.2 Å². The molecule has 2 aromatic carbocycles. The second kappa shape index (κ2) is 11.3. The maximum Gasteiger partial charge on any atom is 2.00 e. The standard InChI is InChI=1S/C16H15BF2O2.C5H5.Fe/c1-11-9-14(16(10-12(11)2)21-17(18)19)15(20)8-7-13-5-3-4-6-13;1-2-4-5-3-1;/h3-10,20H,1-2H3;1-5H;/q;-1;+2/p-1. The van der Waals surface area contributed by atoms with Gasteiger partial charge in [-0.05, 0) is 42.7 Å². The third kappa shape index (κ3) is 7.37. The summed E-state index contributed by atoms with van der Waals surface area (Å²) < 4.78 is 29.4. The van der Waals surface area contributed by atoms with E-state index in [1.54, 1.807) is 19.1 Å². The van der Waals surface area contributed by atoms with Crippen LogP contribution in [0.3, 0.4) is 0 Å². The van der Waals surface area contributed by atoms with E-state index in [2.05, 4.69) is 4.65 Å². The van der Waals surface area contributed by atoms with Gasteiger partial charge in [-0.25, -0.2) is 20.8 Å². The van der Waals surface area contributed by atoms with Gasteiger partial charge in [0.2, 0.25) is 0 Å². The minimum atomic E-state index is -2.96. The smallest absolute Gasteiger partial charge is 0.872 e. The maximum absolute atomic E-state index is 12.5. The largest absolute Gasteiger partial charge is 2.00 e. The molecule has 27 heavy (non-hydrogen) atoms. The second-order valence-corrected chi connectivity index (χ2v) is 5.69. The van der Waals surface area contributed by atoms with Crippen molar-refractivity contribution < 1.29 is 35.5 Å². The number of hydrogen-bond donors (Lipinski definition) is 0. The van der Waals surface area contributed by atoms with Crippen LogP contribution in [-0.2, 0) is 17.1 Å². The number of allylic oxidation sites excluding steroid dienone is 7. The molecule has 0 saturated heterocycles. The van der Waals surface area contributed by atoms with Crippen molar-refractivity contribution in [1.29, 1.82) is 0 Å². The van der Waals surface area contributed by atoms with Crippen molar-refractivity contribution in [2.45, 2.75) is 13.8 Å². The van der Waals surface area contributed by atoms with Gasteiger partial charge in [-0.15, -0.1) is 0 Å². The van der Waals surface area contributed by atoms with Crippen LogP contribution < -0.4 is 9.76 Å². The average Bonchev–Trinajstić information content (AvgIpc) is 3.31. The zero-order valence-electron chi connectivity index (χ0n) is 15.0. The van der Waals surface area contributed by atoms with Gasteiger partial charge in [-0.1, -0.05) is 42.2 Å². The van der Waals surface area contributed by atoms with Gasteiger partial charge >= 0.3 is 24.5 Å². The molecular formula is C21H19BF2FeO2. The summed E-state index contributed by atoms with van der Waals surface area (Å²) in [5, 5.41) is 12.2. The molecule has 0 aliphatic heterocycles. The quantitative estimate of drug-likeness (QED) is 0.415. The van der Waals surface area contributed by atoms with Crippen LogP contribution in [0.5, 0.6) is 5.75 Å². The van der Waals surface area contributed by atoms with E-state index in [0.717, 1.165) is 16.7 Å². The molecule has 0 bridgehead atoms. The Kier molecular flexibility index (Phi) is 9.48. The van der Waals surface area contributed by atoms with Crippen LogP contribution in [-0.4, -0.2) is 7.47 Å². The van der Waals surface area contributed by atoms with Crippen molar-refractivity contribution in [1.82, 2.24) is 0 Å². The first-order valence-electron chi connectivity index (χ1n) is 8.14. The maximum atomic E-state index is 12.5. The predicted octanol–water partition coefficient (Wildman–Crippen LogP) is 4.76. The fourth-order valence-corrected chi connectivity index (χ4v) is 2.26. The SMILES string of the molecule is Cc1cc(OB(F)F)c(C([O-])=CC=C2C=CC=C2)cc1C.[Fe+2].c1cc[cH-]c1. The predicted molar refractivity (Wildman–Crippen MR) is 101 cm³/mol. The molecule has 6 heteroatoms. The fourth-order valence-electron chi connectivity index (χ4n) is 2.26. The Balaban J connectivity index is 0.000000526. The van der Waals surface area contributed by atoms with E-state index >= 15 is 0 Å². The van der Waals surface area contributed by atoms with E-state index < -0.39 is 7.47 Å². The molecule has 0 amide bonds. The van der Waals surface area contributed by atoms with E-state index in [4.69, 9.17) is 0 Å². The number of benzene rings is 1. The topological polar surface area (TPSA) is 32.3 Å². The van der Waals surface area contributed by atoms with Crippen LogP contribution in [0, 0.1) is 13.8 Å². The summed E-state index contributed by atoms with van der Waals surface area (Å²) in [7, 11) is -2.96. The van der Waals surface area contributed by atoms with Crippen molar-refractivity contribution in [2.75, 3.05) is 0 Å². The summed E-state index contributed by atoms with van der Waals surface area (Å²) in [4.78, 5) is 0. The summed E-state index contributed by atoms with van der Waals surface area (Å²) in [6.07, 6.45) is 10.4. The van der Waals surface area contributed by atoms with Crippen LogP contribution in [0.4, 0.5) is 8.63 Å². The van der Waals surface area contributed by atoms with Crippen molar-refractivity contribution in [3.63, 3.8) is 0 Å². The van der Waals surface area contributed by atoms with Gasteiger partial charge < -0.3 is 9.76 Å². The van der Waals surface area contributed by atoms with E-state index in [9.17, 15) is 13.7 Å². The van der Waals surface area contributed by atoms with E-state index in [0.29, 0.717) is 0 Å². The molecule has 1 aliphatic carbocycles. The molecule has 3 rings (SSSR count). The molecule has 0 N–H and O–H groups in total. The van der Waals surface area contributed by atoms with Crippen molar-refractivity contribution in [3.05, 3.63) is 101 Å². The third-order valence-corrected chi connectivity index (χ3v) is 3.75. The molecule has 1 aliphatic rings. The second-order valence-electron chi connectivity index (χ2n) is 5.69. The van der Waals surface area contributed by atoms with Crippen molar-refractivity contribution in [2.24, 2.45) is 0 Å². The first kappa shape index (κ1) is 22.6. The molecule has 2 nitrogen and oxygen atoms in total. The summed E-state index contributed by atoms with van der Waals surface area (Å²) in [5.74, 6) is -0.458. The minimum absolute atomic E-state index is 0. The monoisotopic (exact) mass is 408 g/mol. The van der Waals surface area contributed by atoms with E-state index in [-0.39, 0.29) is 34.1 Å². The van der Waals surface area contributed by atoms with Gasteiger partial charge in [0.25, 0.3) is 0 Å². The molecule has 0 aromatic heterocycles. The zero-order valence-corrected chi connectivity index (χ0v) is 16.1. The normalized spacial score (nSPS) is 12.1. The number of rotatable bonds is 4. The molecule has 0 unspecified atom stereocenters. The number of halogens is 2. The third-order valence-electron chi connectivity index (χ3n) is 3.75.